The Balaban J connectivity index is 1.31. The maximum Gasteiger partial charge on any atom is 0.225 e. The van der Waals surface area contributed by atoms with Crippen molar-refractivity contribution in [3.63, 3.8) is 0 Å². The molecule has 1 aromatic heterocycles. The lowest BCUT2D eigenvalue weighted by atomic mass is 9.87. The van der Waals surface area contributed by atoms with Crippen molar-refractivity contribution in [1.82, 2.24) is 14.8 Å². The van der Waals surface area contributed by atoms with Crippen LogP contribution in [-0.2, 0) is 16.2 Å². The summed E-state index contributed by atoms with van der Waals surface area (Å²) in [6.45, 7) is 10.2. The maximum atomic E-state index is 13.3. The van der Waals surface area contributed by atoms with Gasteiger partial charge in [-0.1, -0.05) is 28.9 Å². The molecule has 0 bridgehead atoms. The van der Waals surface area contributed by atoms with Gasteiger partial charge in [-0.3, -0.25) is 9.69 Å². The lowest BCUT2D eigenvalue weighted by Crippen LogP contribution is -2.46. The molecule has 2 aromatic rings. The fraction of sp³-hybridized carbons (Fsp3) is 0.536. The van der Waals surface area contributed by atoms with Crippen LogP contribution in [0.3, 0.4) is 0 Å². The highest BCUT2D eigenvalue weighted by Gasteiger charge is 2.32. The summed E-state index contributed by atoms with van der Waals surface area (Å²) in [5.41, 5.74) is 8.58. The zero-order valence-electron chi connectivity index (χ0n) is 21.6. The van der Waals surface area contributed by atoms with Gasteiger partial charge in [-0.25, -0.2) is 4.98 Å². The Morgan fingerprint density at radius 3 is 2.31 bits per heavy atom. The van der Waals surface area contributed by atoms with Crippen LogP contribution in [0.1, 0.15) is 57.6 Å². The number of hydrogen-bond donors (Lipinski definition) is 1. The predicted octanol–water partition coefficient (Wildman–Crippen LogP) is 4.99. The number of hydrogen-bond acceptors (Lipinski definition) is 6. The van der Waals surface area contributed by atoms with Gasteiger partial charge in [0.05, 0.1) is 5.71 Å². The molecule has 8 heteroatoms. The van der Waals surface area contributed by atoms with Gasteiger partial charge in [0.25, 0.3) is 0 Å². The van der Waals surface area contributed by atoms with E-state index >= 15 is 0 Å². The number of pyridine rings is 1. The topological polar surface area (TPSA) is 84.0 Å². The van der Waals surface area contributed by atoms with Crippen molar-refractivity contribution in [1.29, 1.82) is 0 Å². The van der Waals surface area contributed by atoms with E-state index in [1.54, 1.807) is 6.20 Å². The molecule has 2 N–H and O–H groups in total. The fourth-order valence-electron chi connectivity index (χ4n) is 4.99. The van der Waals surface area contributed by atoms with Crippen LogP contribution in [0.15, 0.2) is 47.8 Å². The van der Waals surface area contributed by atoms with Crippen molar-refractivity contribution in [3.05, 3.63) is 58.7 Å². The summed E-state index contributed by atoms with van der Waals surface area (Å²) >= 11 is 6.11. The van der Waals surface area contributed by atoms with Crippen LogP contribution < -0.4 is 5.73 Å². The highest BCUT2D eigenvalue weighted by Crippen LogP contribution is 2.28. The molecule has 0 atom stereocenters. The molecule has 3 heterocycles. The monoisotopic (exact) mass is 511 g/mol. The van der Waals surface area contributed by atoms with Crippen molar-refractivity contribution in [2.75, 3.05) is 31.9 Å². The first kappa shape index (κ1) is 26.4. The number of carbonyl (C=O) groups is 1. The Hall–Kier alpha value is -2.64. The summed E-state index contributed by atoms with van der Waals surface area (Å²) in [4.78, 5) is 27.7. The normalized spacial score (nSPS) is 18.9. The van der Waals surface area contributed by atoms with Gasteiger partial charge in [0, 0.05) is 42.7 Å². The van der Waals surface area contributed by atoms with Crippen molar-refractivity contribution in [2.45, 2.75) is 58.6 Å². The van der Waals surface area contributed by atoms with Gasteiger partial charge < -0.3 is 15.5 Å². The SMILES string of the molecule is CC(C)(C)O/N=C(\c1ccc(Cl)cc1)C1CCN(C(=O)C2CCN(Cc3ccnc(N)c3)CC2)CC1. The third-order valence-electron chi connectivity index (χ3n) is 6.94. The lowest BCUT2D eigenvalue weighted by Gasteiger charge is -2.37. The number of nitrogens with zero attached hydrogens (tertiary/aromatic N) is 4. The van der Waals surface area contributed by atoms with Gasteiger partial charge in [0.15, 0.2) is 0 Å². The molecule has 1 aromatic carbocycles. The maximum absolute atomic E-state index is 13.3. The molecule has 0 saturated carbocycles. The lowest BCUT2D eigenvalue weighted by molar-refractivity contribution is -0.138. The van der Waals surface area contributed by atoms with Crippen LogP contribution in [0.4, 0.5) is 5.82 Å². The van der Waals surface area contributed by atoms with Gasteiger partial charge in [-0.05, 0) is 94.9 Å². The number of anilines is 1. The van der Waals surface area contributed by atoms with E-state index in [1.807, 2.05) is 57.2 Å². The molecule has 0 spiro atoms. The number of carbonyl (C=O) groups excluding carboxylic acids is 1. The largest absolute Gasteiger partial charge is 0.390 e. The molecule has 2 aliphatic rings. The van der Waals surface area contributed by atoms with E-state index in [4.69, 9.17) is 22.2 Å². The molecule has 0 aliphatic carbocycles. The number of benzene rings is 1. The second kappa shape index (κ2) is 11.6. The summed E-state index contributed by atoms with van der Waals surface area (Å²) in [5.74, 6) is 1.20. The number of likely N-dealkylation sites (tertiary alicyclic amines) is 2. The van der Waals surface area contributed by atoms with Gasteiger partial charge in [0.1, 0.15) is 11.4 Å². The molecule has 2 aliphatic heterocycles. The highest BCUT2D eigenvalue weighted by atomic mass is 35.5. The highest BCUT2D eigenvalue weighted by molar-refractivity contribution is 6.30. The first-order chi connectivity index (χ1) is 17.2. The number of amides is 1. The average molecular weight is 512 g/mol. The van der Waals surface area contributed by atoms with Gasteiger partial charge >= 0.3 is 0 Å². The predicted molar refractivity (Wildman–Crippen MR) is 145 cm³/mol. The number of nitrogen functional groups attached to an aromatic ring is 1. The van der Waals surface area contributed by atoms with E-state index in [9.17, 15) is 4.79 Å². The standard InChI is InChI=1S/C28H38ClN5O2/c1-28(2,3)36-32-26(21-4-6-24(29)7-5-21)22-11-16-34(17-12-22)27(35)23-9-14-33(15-10-23)19-20-8-13-31-25(30)18-20/h4-8,13,18,22-23H,9-12,14-17,19H2,1-3H3,(H2,30,31)/b32-26+. The van der Waals surface area contributed by atoms with Crippen LogP contribution in [0.25, 0.3) is 0 Å². The van der Waals surface area contributed by atoms with Crippen molar-refractivity contribution < 1.29 is 9.63 Å². The molecule has 2 saturated heterocycles. The molecule has 7 nitrogen and oxygen atoms in total. The van der Waals surface area contributed by atoms with Gasteiger partial charge in [0.2, 0.25) is 5.91 Å². The Bertz CT molecular complexity index is 1050. The van der Waals surface area contributed by atoms with E-state index in [0.29, 0.717) is 16.7 Å². The number of aromatic nitrogens is 1. The third kappa shape index (κ3) is 7.20. The van der Waals surface area contributed by atoms with Crippen LogP contribution >= 0.6 is 11.6 Å². The average Bonchev–Trinajstić information content (AvgIpc) is 2.85. The van der Waals surface area contributed by atoms with Crippen LogP contribution in [0, 0.1) is 11.8 Å². The van der Waals surface area contributed by atoms with Crippen LogP contribution in [0.5, 0.6) is 0 Å². The minimum absolute atomic E-state index is 0.105. The fourth-order valence-corrected chi connectivity index (χ4v) is 5.12. The molecule has 36 heavy (non-hydrogen) atoms. The Morgan fingerprint density at radius 1 is 1.06 bits per heavy atom. The number of piperidine rings is 2. The smallest absolute Gasteiger partial charge is 0.225 e. The van der Waals surface area contributed by atoms with Crippen LogP contribution in [-0.4, -0.2) is 58.2 Å². The molecular formula is C28H38ClN5O2. The van der Waals surface area contributed by atoms with E-state index < -0.39 is 0 Å². The second-order valence-electron chi connectivity index (χ2n) is 10.9. The zero-order chi connectivity index (χ0) is 25.7. The quantitative estimate of drug-likeness (QED) is 0.436. The second-order valence-corrected chi connectivity index (χ2v) is 11.4. The van der Waals surface area contributed by atoms with Crippen molar-refractivity contribution in [3.8, 4) is 0 Å². The Labute approximate surface area is 219 Å². The molecule has 194 valence electrons. The molecule has 0 unspecified atom stereocenters. The summed E-state index contributed by atoms with van der Waals surface area (Å²) in [5, 5.41) is 5.28. The zero-order valence-corrected chi connectivity index (χ0v) is 22.4. The van der Waals surface area contributed by atoms with E-state index in [1.165, 1.54) is 5.56 Å². The first-order valence-electron chi connectivity index (χ1n) is 12.9. The van der Waals surface area contributed by atoms with Crippen molar-refractivity contribution in [2.24, 2.45) is 17.0 Å². The number of nitrogens with two attached hydrogens (primary N) is 1. The Kier molecular flexibility index (Phi) is 8.52. The summed E-state index contributed by atoms with van der Waals surface area (Å²) in [6.07, 6.45) is 5.31. The van der Waals surface area contributed by atoms with Gasteiger partial charge in [-0.2, -0.15) is 0 Å². The molecular weight excluding hydrogens is 474 g/mol. The van der Waals surface area contributed by atoms with E-state index in [0.717, 1.165) is 69.7 Å². The van der Waals surface area contributed by atoms with Gasteiger partial charge in [-0.15, -0.1) is 0 Å². The first-order valence-corrected chi connectivity index (χ1v) is 13.3. The summed E-state index contributed by atoms with van der Waals surface area (Å²) < 4.78 is 0. The number of rotatable bonds is 6. The minimum Gasteiger partial charge on any atom is -0.390 e. The third-order valence-corrected chi connectivity index (χ3v) is 7.19. The molecule has 1 amide bonds. The summed E-state index contributed by atoms with van der Waals surface area (Å²) in [6, 6.07) is 11.7. The molecule has 2 fully saturated rings. The van der Waals surface area contributed by atoms with Crippen LogP contribution in [0.2, 0.25) is 5.02 Å². The number of oxime groups is 1. The molecule has 0 radical (unpaired) electrons. The summed E-state index contributed by atoms with van der Waals surface area (Å²) in [7, 11) is 0. The number of halogens is 1. The minimum atomic E-state index is -0.368. The Morgan fingerprint density at radius 2 is 1.69 bits per heavy atom. The molecule has 4 rings (SSSR count). The van der Waals surface area contributed by atoms with E-state index in [2.05, 4.69) is 19.9 Å². The van der Waals surface area contributed by atoms with E-state index in [-0.39, 0.29) is 17.4 Å². The van der Waals surface area contributed by atoms with Crippen molar-refractivity contribution >= 4 is 29.0 Å².